The molecule has 0 aromatic heterocycles. The lowest BCUT2D eigenvalue weighted by Gasteiger charge is -2.36. The van der Waals surface area contributed by atoms with E-state index in [9.17, 15) is 9.90 Å². The number of nitrogens with zero attached hydrogens (tertiary/aromatic N) is 1. The van der Waals surface area contributed by atoms with E-state index in [1.165, 1.54) is 18.4 Å². The zero-order chi connectivity index (χ0) is 24.4. The number of unbranched alkanes of at least 4 members (excludes halogenated alkanes) is 2. The summed E-state index contributed by atoms with van der Waals surface area (Å²) in [6.07, 6.45) is 4.42. The van der Waals surface area contributed by atoms with Crippen molar-refractivity contribution in [1.82, 2.24) is 4.90 Å². The first-order valence-corrected chi connectivity index (χ1v) is 12.4. The molecule has 1 unspecified atom stereocenters. The molecule has 0 aliphatic carbocycles. The molecular weight excluding hydrogens is 408 g/mol. The Morgan fingerprint density at radius 2 is 1.64 bits per heavy atom. The summed E-state index contributed by atoms with van der Waals surface area (Å²) in [7, 11) is 0. The van der Waals surface area contributed by atoms with E-state index in [0.29, 0.717) is 5.75 Å². The Morgan fingerprint density at radius 1 is 1.03 bits per heavy atom. The van der Waals surface area contributed by atoms with Crippen LogP contribution in [0.4, 0.5) is 5.69 Å². The molecule has 33 heavy (non-hydrogen) atoms. The topological polar surface area (TPSA) is 52.6 Å². The van der Waals surface area contributed by atoms with Gasteiger partial charge in [-0.05, 0) is 53.5 Å². The molecule has 4 heteroatoms. The minimum atomic E-state index is -0.295. The molecule has 4 nitrogen and oxygen atoms in total. The third-order valence-corrected chi connectivity index (χ3v) is 6.67. The van der Waals surface area contributed by atoms with Crippen molar-refractivity contribution in [3.63, 3.8) is 0 Å². The SMILES string of the molecule is CCCCCN1CCc2ccccc2C1C(=O)Nc1cc(C(C)(C)C)c(O)c(C(C)(C)C)c1. The van der Waals surface area contributed by atoms with Gasteiger partial charge in [0.15, 0.2) is 0 Å². The number of benzene rings is 2. The molecule has 0 saturated heterocycles. The maximum Gasteiger partial charge on any atom is 0.246 e. The number of carbonyl (C=O) groups excluding carboxylic acids is 1. The van der Waals surface area contributed by atoms with Gasteiger partial charge in [0.2, 0.25) is 5.91 Å². The van der Waals surface area contributed by atoms with Crippen molar-refractivity contribution >= 4 is 11.6 Å². The van der Waals surface area contributed by atoms with Gasteiger partial charge in [-0.3, -0.25) is 9.69 Å². The van der Waals surface area contributed by atoms with Crippen molar-refractivity contribution < 1.29 is 9.90 Å². The highest BCUT2D eigenvalue weighted by Crippen LogP contribution is 2.41. The summed E-state index contributed by atoms with van der Waals surface area (Å²) in [4.78, 5) is 16.1. The molecule has 0 saturated carbocycles. The summed E-state index contributed by atoms with van der Waals surface area (Å²) in [6.45, 7) is 16.6. The van der Waals surface area contributed by atoms with Crippen LogP contribution in [-0.2, 0) is 22.0 Å². The number of fused-ring (bicyclic) bond motifs is 1. The molecule has 0 spiro atoms. The third-order valence-electron chi connectivity index (χ3n) is 6.67. The molecule has 180 valence electrons. The van der Waals surface area contributed by atoms with Gasteiger partial charge in [-0.15, -0.1) is 0 Å². The molecule has 1 atom stereocenters. The third kappa shape index (κ3) is 5.78. The summed E-state index contributed by atoms with van der Waals surface area (Å²) >= 11 is 0. The van der Waals surface area contributed by atoms with Crippen molar-refractivity contribution in [3.8, 4) is 5.75 Å². The van der Waals surface area contributed by atoms with Gasteiger partial charge in [0.1, 0.15) is 11.8 Å². The van der Waals surface area contributed by atoms with Gasteiger partial charge < -0.3 is 10.4 Å². The van der Waals surface area contributed by atoms with E-state index in [-0.39, 0.29) is 22.8 Å². The fourth-order valence-corrected chi connectivity index (χ4v) is 4.79. The molecule has 0 fully saturated rings. The highest BCUT2D eigenvalue weighted by Gasteiger charge is 2.33. The second kappa shape index (κ2) is 9.89. The molecule has 1 heterocycles. The first-order valence-electron chi connectivity index (χ1n) is 12.4. The quantitative estimate of drug-likeness (QED) is 0.380. The normalized spacial score (nSPS) is 17.0. The average Bonchev–Trinajstić information content (AvgIpc) is 2.73. The molecule has 1 amide bonds. The number of amides is 1. The molecule has 3 rings (SSSR count). The van der Waals surface area contributed by atoms with E-state index >= 15 is 0 Å². The lowest BCUT2D eigenvalue weighted by molar-refractivity contribution is -0.122. The Balaban J connectivity index is 1.98. The number of anilines is 1. The lowest BCUT2D eigenvalue weighted by Crippen LogP contribution is -2.42. The Hall–Kier alpha value is -2.33. The largest absolute Gasteiger partial charge is 0.507 e. The second-order valence-corrected chi connectivity index (χ2v) is 11.5. The first-order chi connectivity index (χ1) is 15.4. The molecule has 1 aliphatic rings. The van der Waals surface area contributed by atoms with Crippen molar-refractivity contribution in [2.24, 2.45) is 0 Å². The molecule has 2 N–H and O–H groups in total. The smallest absolute Gasteiger partial charge is 0.246 e. The molecule has 1 aliphatic heterocycles. The Morgan fingerprint density at radius 3 is 2.21 bits per heavy atom. The van der Waals surface area contributed by atoms with Crippen LogP contribution in [0, 0.1) is 0 Å². The number of hydrogen-bond donors (Lipinski definition) is 2. The summed E-state index contributed by atoms with van der Waals surface area (Å²) in [6, 6.07) is 11.9. The van der Waals surface area contributed by atoms with Gasteiger partial charge in [0.25, 0.3) is 0 Å². The number of rotatable bonds is 6. The zero-order valence-electron chi connectivity index (χ0n) is 21.6. The van der Waals surface area contributed by atoms with Crippen LogP contribution in [0.2, 0.25) is 0 Å². The van der Waals surface area contributed by atoms with Crippen LogP contribution in [0.1, 0.15) is 96.0 Å². The van der Waals surface area contributed by atoms with Crippen LogP contribution in [0.5, 0.6) is 5.75 Å². The van der Waals surface area contributed by atoms with Gasteiger partial charge in [-0.1, -0.05) is 85.6 Å². The number of phenolic OH excluding ortho intramolecular Hbond substituents is 1. The number of phenols is 1. The van der Waals surface area contributed by atoms with E-state index in [0.717, 1.165) is 48.3 Å². The van der Waals surface area contributed by atoms with E-state index < -0.39 is 0 Å². The zero-order valence-corrected chi connectivity index (χ0v) is 21.6. The Kier molecular flexibility index (Phi) is 7.58. The lowest BCUT2D eigenvalue weighted by atomic mass is 9.79. The highest BCUT2D eigenvalue weighted by atomic mass is 16.3. The second-order valence-electron chi connectivity index (χ2n) is 11.5. The number of carbonyl (C=O) groups is 1. The Bertz CT molecular complexity index is 947. The molecule has 0 bridgehead atoms. The van der Waals surface area contributed by atoms with E-state index in [4.69, 9.17) is 0 Å². The van der Waals surface area contributed by atoms with Crippen LogP contribution in [0.15, 0.2) is 36.4 Å². The number of hydrogen-bond acceptors (Lipinski definition) is 3. The minimum Gasteiger partial charge on any atom is -0.507 e. The predicted molar refractivity (Wildman–Crippen MR) is 138 cm³/mol. The minimum absolute atomic E-state index is 0.00376. The molecule has 2 aromatic rings. The van der Waals surface area contributed by atoms with Crippen LogP contribution in [0.3, 0.4) is 0 Å². The maximum absolute atomic E-state index is 13.8. The monoisotopic (exact) mass is 450 g/mol. The van der Waals surface area contributed by atoms with Crippen LogP contribution < -0.4 is 5.32 Å². The molecule has 0 radical (unpaired) electrons. The predicted octanol–water partition coefficient (Wildman–Crippen LogP) is 6.72. The van der Waals surface area contributed by atoms with Gasteiger partial charge in [0.05, 0.1) is 0 Å². The summed E-state index contributed by atoms with van der Waals surface area (Å²) in [5, 5.41) is 14.3. The van der Waals surface area contributed by atoms with E-state index in [2.05, 4.69) is 76.9 Å². The molecule has 2 aromatic carbocycles. The van der Waals surface area contributed by atoms with Gasteiger partial charge in [-0.25, -0.2) is 0 Å². The van der Waals surface area contributed by atoms with Crippen molar-refractivity contribution in [3.05, 3.63) is 58.7 Å². The summed E-state index contributed by atoms with van der Waals surface area (Å²) in [5.41, 5.74) is 4.36. The number of nitrogens with one attached hydrogen (secondary N) is 1. The van der Waals surface area contributed by atoms with Crippen LogP contribution >= 0.6 is 0 Å². The maximum atomic E-state index is 13.8. The average molecular weight is 451 g/mol. The van der Waals surface area contributed by atoms with E-state index in [1.807, 2.05) is 18.2 Å². The number of aromatic hydroxyl groups is 1. The van der Waals surface area contributed by atoms with Crippen molar-refractivity contribution in [2.75, 3.05) is 18.4 Å². The van der Waals surface area contributed by atoms with E-state index in [1.54, 1.807) is 0 Å². The fourth-order valence-electron chi connectivity index (χ4n) is 4.79. The van der Waals surface area contributed by atoms with Gasteiger partial charge in [-0.2, -0.15) is 0 Å². The fraction of sp³-hybridized carbons (Fsp3) is 0.552. The van der Waals surface area contributed by atoms with Gasteiger partial charge in [0, 0.05) is 23.4 Å². The van der Waals surface area contributed by atoms with Crippen molar-refractivity contribution in [1.29, 1.82) is 0 Å². The summed E-state index contributed by atoms with van der Waals surface area (Å²) < 4.78 is 0. The summed E-state index contributed by atoms with van der Waals surface area (Å²) in [5.74, 6) is 0.334. The Labute approximate surface area is 200 Å². The standard InChI is InChI=1S/C29H42N2O2/c1-8-9-12-16-31-17-15-20-13-10-11-14-22(20)25(31)27(33)30-21-18-23(28(2,3)4)26(32)24(19-21)29(5,6)7/h10-11,13-14,18-19,25,32H,8-9,12,15-17H2,1-7H3,(H,30,33). The van der Waals surface area contributed by atoms with Crippen molar-refractivity contribution in [2.45, 2.75) is 91.0 Å². The van der Waals surface area contributed by atoms with Crippen LogP contribution in [0.25, 0.3) is 0 Å². The highest BCUT2D eigenvalue weighted by molar-refractivity contribution is 5.96. The first kappa shape index (κ1) is 25.3. The van der Waals surface area contributed by atoms with Gasteiger partial charge >= 0.3 is 0 Å². The van der Waals surface area contributed by atoms with Crippen LogP contribution in [-0.4, -0.2) is 29.0 Å². The molecular formula is C29H42N2O2.